The summed E-state index contributed by atoms with van der Waals surface area (Å²) in [5.74, 6) is -1.02. The predicted octanol–water partition coefficient (Wildman–Crippen LogP) is 3.58. The molecule has 26 heavy (non-hydrogen) atoms. The van der Waals surface area contributed by atoms with Gasteiger partial charge in [-0.2, -0.15) is 0 Å². The summed E-state index contributed by atoms with van der Waals surface area (Å²) in [6, 6.07) is 9.17. The van der Waals surface area contributed by atoms with Crippen LogP contribution in [0, 0.1) is 0 Å². The van der Waals surface area contributed by atoms with Crippen molar-refractivity contribution in [2.24, 2.45) is 0 Å². The summed E-state index contributed by atoms with van der Waals surface area (Å²) in [5.41, 5.74) is 2.74. The van der Waals surface area contributed by atoms with E-state index in [1.165, 1.54) is 6.07 Å². The molecule has 1 saturated heterocycles. The third-order valence-electron chi connectivity index (χ3n) is 4.21. The number of carboxylic acids is 1. The molecule has 0 aliphatic carbocycles. The number of ether oxygens (including phenoxy) is 1. The van der Waals surface area contributed by atoms with Gasteiger partial charge in [0, 0.05) is 29.7 Å². The van der Waals surface area contributed by atoms with Gasteiger partial charge in [0.1, 0.15) is 5.69 Å². The summed E-state index contributed by atoms with van der Waals surface area (Å²) >= 11 is 5.24. The zero-order valence-electron chi connectivity index (χ0n) is 13.8. The van der Waals surface area contributed by atoms with E-state index in [0.717, 1.165) is 51.7 Å². The molecule has 0 bridgehead atoms. The van der Waals surface area contributed by atoms with Crippen molar-refractivity contribution in [3.63, 3.8) is 0 Å². The fourth-order valence-corrected chi connectivity index (χ4v) is 4.73. The Labute approximate surface area is 162 Å². The van der Waals surface area contributed by atoms with Gasteiger partial charge in [-0.15, -0.1) is 0 Å². The van der Waals surface area contributed by atoms with Crippen LogP contribution in [0.2, 0.25) is 0 Å². The molecule has 8 heteroatoms. The van der Waals surface area contributed by atoms with Gasteiger partial charge in [0.25, 0.3) is 0 Å². The van der Waals surface area contributed by atoms with Gasteiger partial charge in [0.2, 0.25) is 0 Å². The lowest BCUT2D eigenvalue weighted by Gasteiger charge is -2.25. The monoisotopic (exact) mass is 433 g/mol. The van der Waals surface area contributed by atoms with E-state index in [1.54, 1.807) is 17.4 Å². The number of rotatable bonds is 4. The number of aromatic nitrogens is 2. The van der Waals surface area contributed by atoms with Crippen LogP contribution in [0.25, 0.3) is 10.2 Å². The molecule has 134 valence electrons. The van der Waals surface area contributed by atoms with Crippen LogP contribution in [0.3, 0.4) is 0 Å². The maximum Gasteiger partial charge on any atom is 0.354 e. The minimum absolute atomic E-state index is 0.0565. The molecule has 3 heterocycles. The molecule has 2 aromatic heterocycles. The van der Waals surface area contributed by atoms with E-state index in [0.29, 0.717) is 12.1 Å². The van der Waals surface area contributed by atoms with Crippen molar-refractivity contribution in [1.29, 1.82) is 0 Å². The Hall–Kier alpha value is -2.03. The normalized spacial score (nSPS) is 14.7. The Kier molecular flexibility index (Phi) is 4.88. The molecular weight excluding hydrogens is 418 g/mol. The van der Waals surface area contributed by atoms with Crippen LogP contribution >= 0.6 is 27.3 Å². The maximum atomic E-state index is 11.2. The molecule has 1 N–H and O–H groups in total. The number of aromatic carboxylic acids is 1. The molecule has 1 aliphatic heterocycles. The van der Waals surface area contributed by atoms with Crippen LogP contribution in [0.15, 0.2) is 34.8 Å². The van der Waals surface area contributed by atoms with Crippen molar-refractivity contribution in [2.75, 3.05) is 31.2 Å². The Morgan fingerprint density at radius 2 is 2.08 bits per heavy atom. The molecule has 3 aromatic rings. The number of thiazole rings is 1. The molecule has 1 fully saturated rings. The smallest absolute Gasteiger partial charge is 0.354 e. The summed E-state index contributed by atoms with van der Waals surface area (Å²) in [6.45, 7) is 3.13. The van der Waals surface area contributed by atoms with Crippen molar-refractivity contribution in [3.05, 3.63) is 51.8 Å². The first kappa shape index (κ1) is 17.4. The molecular formula is C18H16BrN3O3S. The van der Waals surface area contributed by atoms with E-state index in [9.17, 15) is 4.79 Å². The zero-order chi connectivity index (χ0) is 18.1. The number of anilines is 1. The molecule has 6 nitrogen and oxygen atoms in total. The van der Waals surface area contributed by atoms with E-state index in [1.807, 2.05) is 12.1 Å². The molecule has 0 saturated carbocycles. The molecule has 0 radical (unpaired) electrons. The quantitative estimate of drug-likeness (QED) is 0.677. The highest BCUT2D eigenvalue weighted by Crippen LogP contribution is 2.34. The van der Waals surface area contributed by atoms with Crippen molar-refractivity contribution in [2.45, 2.75) is 6.42 Å². The number of nitrogens with zero attached hydrogens (tertiary/aromatic N) is 3. The van der Waals surface area contributed by atoms with Gasteiger partial charge in [0.05, 0.1) is 23.4 Å². The highest BCUT2D eigenvalue weighted by molar-refractivity contribution is 9.10. The first-order valence-electron chi connectivity index (χ1n) is 8.21. The summed E-state index contributed by atoms with van der Waals surface area (Å²) < 4.78 is 7.50. The average molecular weight is 434 g/mol. The third-order valence-corrected chi connectivity index (χ3v) is 5.73. The summed E-state index contributed by atoms with van der Waals surface area (Å²) in [6.07, 6.45) is 0.531. The minimum atomic E-state index is -1.02. The largest absolute Gasteiger partial charge is 0.477 e. The van der Waals surface area contributed by atoms with Crippen LogP contribution < -0.4 is 4.90 Å². The molecule has 1 aliphatic rings. The topological polar surface area (TPSA) is 75.5 Å². The minimum Gasteiger partial charge on any atom is -0.477 e. The molecule has 0 unspecified atom stereocenters. The highest BCUT2D eigenvalue weighted by atomic mass is 79.9. The van der Waals surface area contributed by atoms with Gasteiger partial charge < -0.3 is 14.7 Å². The fourth-order valence-electron chi connectivity index (χ4n) is 2.97. The van der Waals surface area contributed by atoms with Crippen LogP contribution in [0.4, 0.5) is 5.13 Å². The number of benzene rings is 1. The summed E-state index contributed by atoms with van der Waals surface area (Å²) in [5, 5.41) is 10.1. The second-order valence-corrected chi connectivity index (χ2v) is 7.93. The Balaban J connectivity index is 1.71. The lowest BCUT2D eigenvalue weighted by Crippen LogP contribution is -2.36. The Morgan fingerprint density at radius 1 is 1.27 bits per heavy atom. The molecule has 1 aromatic carbocycles. The standard InChI is InChI=1S/C18H16BrN3O3S/c19-12-8-11(9-13-2-1-3-14(20-13)17(23)24)16-15(10-12)26-18(21-16)22-4-6-25-7-5-22/h1-3,8,10H,4-7,9H2,(H,23,24). The van der Waals surface area contributed by atoms with Crippen LogP contribution in [0.5, 0.6) is 0 Å². The van der Waals surface area contributed by atoms with E-state index in [2.05, 4.69) is 31.9 Å². The van der Waals surface area contributed by atoms with Crippen molar-refractivity contribution >= 4 is 48.6 Å². The number of pyridine rings is 1. The number of fused-ring (bicyclic) bond motifs is 1. The van der Waals surface area contributed by atoms with Gasteiger partial charge in [-0.3, -0.25) is 0 Å². The van der Waals surface area contributed by atoms with Crippen molar-refractivity contribution in [1.82, 2.24) is 9.97 Å². The van der Waals surface area contributed by atoms with Gasteiger partial charge in [-0.1, -0.05) is 33.3 Å². The third kappa shape index (κ3) is 3.58. The number of hydrogen-bond donors (Lipinski definition) is 1. The van der Waals surface area contributed by atoms with Crippen LogP contribution in [0.1, 0.15) is 21.7 Å². The van der Waals surface area contributed by atoms with Crippen LogP contribution in [-0.2, 0) is 11.2 Å². The van der Waals surface area contributed by atoms with E-state index in [4.69, 9.17) is 14.8 Å². The number of hydrogen-bond acceptors (Lipinski definition) is 6. The number of halogens is 1. The fraction of sp³-hybridized carbons (Fsp3) is 0.278. The molecule has 0 atom stereocenters. The second kappa shape index (κ2) is 7.30. The van der Waals surface area contributed by atoms with Gasteiger partial charge >= 0.3 is 5.97 Å². The van der Waals surface area contributed by atoms with E-state index >= 15 is 0 Å². The van der Waals surface area contributed by atoms with Crippen LogP contribution in [-0.4, -0.2) is 47.3 Å². The molecule has 0 amide bonds. The Bertz CT molecular complexity index is 969. The summed E-state index contributed by atoms with van der Waals surface area (Å²) in [7, 11) is 0. The number of morpholine rings is 1. The summed E-state index contributed by atoms with van der Waals surface area (Å²) in [4.78, 5) is 22.5. The van der Waals surface area contributed by atoms with Gasteiger partial charge in [-0.05, 0) is 29.8 Å². The second-order valence-electron chi connectivity index (χ2n) is 6.00. The van der Waals surface area contributed by atoms with E-state index in [-0.39, 0.29) is 5.69 Å². The lowest BCUT2D eigenvalue weighted by molar-refractivity contribution is 0.0690. The highest BCUT2D eigenvalue weighted by Gasteiger charge is 2.18. The predicted molar refractivity (Wildman–Crippen MR) is 104 cm³/mol. The molecule has 0 spiro atoms. The first-order valence-corrected chi connectivity index (χ1v) is 9.82. The van der Waals surface area contributed by atoms with E-state index < -0.39 is 5.97 Å². The average Bonchev–Trinajstić information content (AvgIpc) is 3.07. The van der Waals surface area contributed by atoms with Crippen molar-refractivity contribution in [3.8, 4) is 0 Å². The van der Waals surface area contributed by atoms with Crippen molar-refractivity contribution < 1.29 is 14.6 Å². The number of carbonyl (C=O) groups is 1. The SMILES string of the molecule is O=C(O)c1cccc(Cc2cc(Br)cc3sc(N4CCOCC4)nc23)n1. The van der Waals surface area contributed by atoms with Gasteiger partial charge in [-0.25, -0.2) is 14.8 Å². The molecule has 4 rings (SSSR count). The first-order chi connectivity index (χ1) is 12.6. The van der Waals surface area contributed by atoms with Gasteiger partial charge in [0.15, 0.2) is 5.13 Å². The lowest BCUT2D eigenvalue weighted by atomic mass is 10.1. The Morgan fingerprint density at radius 3 is 2.85 bits per heavy atom. The maximum absolute atomic E-state index is 11.2. The number of carboxylic acid groups (broad SMARTS) is 1. The zero-order valence-corrected chi connectivity index (χ0v) is 16.2.